The predicted molar refractivity (Wildman–Crippen MR) is 116 cm³/mol. The molecule has 1 saturated carbocycles. The minimum absolute atomic E-state index is 0.00754. The number of sulfonamides is 1. The molecule has 1 unspecified atom stereocenters. The molecule has 6 nitrogen and oxygen atoms in total. The number of hydrogen-bond acceptors (Lipinski definition) is 4. The third-order valence-corrected chi connectivity index (χ3v) is 7.57. The van der Waals surface area contributed by atoms with Crippen LogP contribution < -0.4 is 4.72 Å². The molecule has 4 rings (SSSR count). The second-order valence-electron chi connectivity index (χ2n) is 9.03. The molecule has 1 saturated heterocycles. The summed E-state index contributed by atoms with van der Waals surface area (Å²) in [6, 6.07) is 2.86. The van der Waals surface area contributed by atoms with Gasteiger partial charge in [-0.05, 0) is 42.5 Å². The van der Waals surface area contributed by atoms with Gasteiger partial charge in [-0.2, -0.15) is 0 Å². The number of nitrogens with one attached hydrogen (secondary N) is 1. The number of benzene rings is 2. The first kappa shape index (κ1) is 25.5. The first-order valence-corrected chi connectivity index (χ1v) is 12.5. The molecule has 1 spiro atoms. The van der Waals surface area contributed by atoms with Crippen molar-refractivity contribution >= 4 is 15.9 Å². The van der Waals surface area contributed by atoms with Crippen LogP contribution >= 0.6 is 0 Å². The van der Waals surface area contributed by atoms with Crippen molar-refractivity contribution in [2.24, 2.45) is 5.41 Å². The molecular formula is C23H23F5N2O4S. The molecule has 1 heterocycles. The van der Waals surface area contributed by atoms with E-state index in [0.29, 0.717) is 18.9 Å². The van der Waals surface area contributed by atoms with Crippen LogP contribution in [0.1, 0.15) is 18.4 Å². The number of carbonyl (C=O) groups excluding carboxylic acids is 1. The molecule has 35 heavy (non-hydrogen) atoms. The lowest BCUT2D eigenvalue weighted by Gasteiger charge is -2.30. The van der Waals surface area contributed by atoms with Crippen LogP contribution in [0.4, 0.5) is 22.0 Å². The number of hydrogen-bond donors (Lipinski definition) is 2. The SMILES string of the molecule is O=C(C(O)CF)N1CC2(CC2)[C@H](NS(=O)(=O)CF)[C@@H]1Cc1cccc(-c2cc(F)cc(F)c2)c1F. The first-order chi connectivity index (χ1) is 16.5. The number of aliphatic hydroxyl groups excluding tert-OH is 1. The van der Waals surface area contributed by atoms with E-state index < -0.39 is 69.7 Å². The summed E-state index contributed by atoms with van der Waals surface area (Å²) in [5.41, 5.74) is -0.949. The molecular weight excluding hydrogens is 495 g/mol. The van der Waals surface area contributed by atoms with Crippen LogP contribution in [-0.2, 0) is 21.2 Å². The zero-order valence-electron chi connectivity index (χ0n) is 18.4. The van der Waals surface area contributed by atoms with Crippen LogP contribution in [0.15, 0.2) is 36.4 Å². The van der Waals surface area contributed by atoms with Crippen LogP contribution in [0.2, 0.25) is 0 Å². The Hall–Kier alpha value is -2.57. The number of halogens is 5. The fourth-order valence-electron chi connectivity index (χ4n) is 4.82. The van der Waals surface area contributed by atoms with Crippen molar-refractivity contribution in [3.8, 4) is 11.1 Å². The van der Waals surface area contributed by atoms with Crippen LogP contribution in [-0.4, -0.2) is 61.7 Å². The van der Waals surface area contributed by atoms with Gasteiger partial charge in [0.25, 0.3) is 5.91 Å². The van der Waals surface area contributed by atoms with Gasteiger partial charge in [-0.3, -0.25) is 4.79 Å². The molecule has 0 bridgehead atoms. The van der Waals surface area contributed by atoms with Gasteiger partial charge in [0.05, 0.1) is 6.04 Å². The zero-order valence-corrected chi connectivity index (χ0v) is 19.2. The normalized spacial score (nSPS) is 21.9. The van der Waals surface area contributed by atoms with Crippen molar-refractivity contribution in [2.75, 3.05) is 19.2 Å². The molecule has 12 heteroatoms. The van der Waals surface area contributed by atoms with Crippen molar-refractivity contribution in [1.82, 2.24) is 9.62 Å². The molecule has 2 aromatic carbocycles. The Morgan fingerprint density at radius 2 is 1.80 bits per heavy atom. The number of carbonyl (C=O) groups is 1. The maximum absolute atomic E-state index is 15.5. The summed E-state index contributed by atoms with van der Waals surface area (Å²) < 4.78 is 95.5. The van der Waals surface area contributed by atoms with E-state index in [0.717, 1.165) is 17.0 Å². The fraction of sp³-hybridized carbons (Fsp3) is 0.435. The second kappa shape index (κ2) is 9.47. The third kappa shape index (κ3) is 5.05. The van der Waals surface area contributed by atoms with Crippen LogP contribution in [0, 0.1) is 22.9 Å². The van der Waals surface area contributed by atoms with E-state index in [2.05, 4.69) is 4.72 Å². The summed E-state index contributed by atoms with van der Waals surface area (Å²) in [6.45, 7) is -1.39. The molecule has 2 aliphatic rings. The number of aliphatic hydroxyl groups is 1. The van der Waals surface area contributed by atoms with Crippen LogP contribution in [0.5, 0.6) is 0 Å². The molecule has 1 amide bonds. The third-order valence-electron chi connectivity index (χ3n) is 6.67. The number of rotatable bonds is 8. The molecule has 2 aromatic rings. The standard InChI is InChI=1S/C23H23F5N2O4S/c24-10-19(31)22(32)30-11-23(4-5-23)21(29-35(33,34)12-25)18(30)8-13-2-1-3-17(20(13)28)14-6-15(26)9-16(27)7-14/h1-3,6-7,9,18-19,21,29,31H,4-5,8,10-12H2/t18-,19?,21+/m0/s1. The molecule has 190 valence electrons. The smallest absolute Gasteiger partial charge is 0.254 e. The van der Waals surface area contributed by atoms with Gasteiger partial charge in [0.1, 0.15) is 24.1 Å². The Bertz CT molecular complexity index is 1220. The van der Waals surface area contributed by atoms with Crippen molar-refractivity contribution in [2.45, 2.75) is 37.5 Å². The van der Waals surface area contributed by atoms with Crippen LogP contribution in [0.3, 0.4) is 0 Å². The van der Waals surface area contributed by atoms with Gasteiger partial charge >= 0.3 is 0 Å². The Labute approximate surface area is 198 Å². The van der Waals surface area contributed by atoms with Crippen molar-refractivity contribution in [3.63, 3.8) is 0 Å². The molecule has 2 N–H and O–H groups in total. The van der Waals surface area contributed by atoms with Gasteiger partial charge in [0, 0.05) is 29.6 Å². The molecule has 0 aromatic heterocycles. The van der Waals surface area contributed by atoms with E-state index in [1.54, 1.807) is 0 Å². The first-order valence-electron chi connectivity index (χ1n) is 10.8. The Kier molecular flexibility index (Phi) is 6.91. The summed E-state index contributed by atoms with van der Waals surface area (Å²) in [5.74, 6) is -3.66. The Balaban J connectivity index is 1.74. The average molecular weight is 519 g/mol. The highest BCUT2D eigenvalue weighted by atomic mass is 32.2. The minimum Gasteiger partial charge on any atom is -0.381 e. The van der Waals surface area contributed by atoms with Gasteiger partial charge in [-0.15, -0.1) is 0 Å². The van der Waals surface area contributed by atoms with E-state index in [1.165, 1.54) is 18.2 Å². The van der Waals surface area contributed by atoms with Gasteiger partial charge in [0.2, 0.25) is 16.0 Å². The van der Waals surface area contributed by atoms with Crippen molar-refractivity contribution in [3.05, 3.63) is 59.4 Å². The molecule has 3 atom stereocenters. The van der Waals surface area contributed by atoms with Gasteiger partial charge in [0.15, 0.2) is 6.10 Å². The monoisotopic (exact) mass is 518 g/mol. The molecule has 1 aliphatic carbocycles. The number of likely N-dealkylation sites (tertiary alicyclic amines) is 1. The summed E-state index contributed by atoms with van der Waals surface area (Å²) in [6.07, 6.45) is -1.28. The second-order valence-corrected chi connectivity index (χ2v) is 10.7. The summed E-state index contributed by atoms with van der Waals surface area (Å²) in [7, 11) is -4.37. The van der Waals surface area contributed by atoms with Crippen LogP contribution in [0.25, 0.3) is 11.1 Å². The Morgan fingerprint density at radius 3 is 2.37 bits per heavy atom. The highest BCUT2D eigenvalue weighted by Gasteiger charge is 2.61. The fourth-order valence-corrected chi connectivity index (χ4v) is 5.68. The lowest BCUT2D eigenvalue weighted by atomic mass is 9.91. The van der Waals surface area contributed by atoms with Gasteiger partial charge in [-0.1, -0.05) is 18.2 Å². The molecule has 2 fully saturated rings. The highest BCUT2D eigenvalue weighted by molar-refractivity contribution is 7.89. The maximum atomic E-state index is 15.5. The van der Waals surface area contributed by atoms with Gasteiger partial charge < -0.3 is 10.0 Å². The molecule has 0 radical (unpaired) electrons. The highest BCUT2D eigenvalue weighted by Crippen LogP contribution is 2.55. The molecule has 1 aliphatic heterocycles. The lowest BCUT2D eigenvalue weighted by Crippen LogP contribution is -2.51. The number of nitrogens with zero attached hydrogens (tertiary/aromatic N) is 1. The quantitative estimate of drug-likeness (QED) is 0.527. The Morgan fingerprint density at radius 1 is 1.14 bits per heavy atom. The summed E-state index contributed by atoms with van der Waals surface area (Å²) >= 11 is 0. The van der Waals surface area contributed by atoms with E-state index in [4.69, 9.17) is 0 Å². The topological polar surface area (TPSA) is 86.7 Å². The van der Waals surface area contributed by atoms with E-state index in [-0.39, 0.29) is 29.7 Å². The predicted octanol–water partition coefficient (Wildman–Crippen LogP) is 2.85. The van der Waals surface area contributed by atoms with E-state index in [9.17, 15) is 35.9 Å². The number of amides is 1. The maximum Gasteiger partial charge on any atom is 0.254 e. The zero-order chi connectivity index (χ0) is 25.5. The average Bonchev–Trinajstić information content (AvgIpc) is 3.54. The van der Waals surface area contributed by atoms with Gasteiger partial charge in [-0.25, -0.2) is 35.1 Å². The largest absolute Gasteiger partial charge is 0.381 e. The van der Waals surface area contributed by atoms with Crippen molar-refractivity contribution in [1.29, 1.82) is 0 Å². The van der Waals surface area contributed by atoms with E-state index in [1.807, 2.05) is 0 Å². The minimum atomic E-state index is -4.37. The van der Waals surface area contributed by atoms with E-state index >= 15 is 4.39 Å². The lowest BCUT2D eigenvalue weighted by molar-refractivity contribution is -0.142. The summed E-state index contributed by atoms with van der Waals surface area (Å²) in [5, 5.41) is 9.82. The summed E-state index contributed by atoms with van der Waals surface area (Å²) in [4.78, 5) is 13.8. The number of alkyl halides is 2. The van der Waals surface area contributed by atoms with Crippen molar-refractivity contribution < 1.29 is 40.3 Å².